The summed E-state index contributed by atoms with van der Waals surface area (Å²) in [7, 11) is -2.36. The van der Waals surface area contributed by atoms with Crippen LogP contribution in [0.5, 0.6) is 5.75 Å². The van der Waals surface area contributed by atoms with Crippen LogP contribution in [0, 0.1) is 11.6 Å². The van der Waals surface area contributed by atoms with Crippen molar-refractivity contribution in [3.8, 4) is 5.75 Å². The molecule has 0 saturated carbocycles. The van der Waals surface area contributed by atoms with Gasteiger partial charge in [-0.05, 0) is 29.6 Å². The Labute approximate surface area is 133 Å². The van der Waals surface area contributed by atoms with E-state index in [1.165, 1.54) is 6.92 Å². The van der Waals surface area contributed by atoms with Gasteiger partial charge >= 0.3 is 0 Å². The summed E-state index contributed by atoms with van der Waals surface area (Å²) in [5.41, 5.74) is 0.517. The summed E-state index contributed by atoms with van der Waals surface area (Å²) in [6.07, 6.45) is 0. The molecule has 0 aliphatic heterocycles. The van der Waals surface area contributed by atoms with E-state index < -0.39 is 25.7 Å². The highest BCUT2D eigenvalue weighted by molar-refractivity contribution is 6.78. The summed E-state index contributed by atoms with van der Waals surface area (Å²) in [6, 6.07) is 1.95. The van der Waals surface area contributed by atoms with Crippen LogP contribution in [0.3, 0.4) is 0 Å². The predicted octanol–water partition coefficient (Wildman–Crippen LogP) is 5.72. The van der Waals surface area contributed by atoms with E-state index in [1.54, 1.807) is 0 Å². The first kappa shape index (κ1) is 18.8. The Balaban J connectivity index is 3.37. The molecule has 0 aliphatic rings. The Morgan fingerprint density at radius 3 is 1.77 bits per heavy atom. The molecule has 0 amide bonds. The van der Waals surface area contributed by atoms with Gasteiger partial charge in [-0.15, -0.1) is 0 Å². The van der Waals surface area contributed by atoms with Crippen molar-refractivity contribution in [3.63, 3.8) is 0 Å². The molecular formula is C17H26F2O2Si. The second-order valence-corrected chi connectivity index (χ2v) is 12.1. The molecule has 22 heavy (non-hydrogen) atoms. The summed E-state index contributed by atoms with van der Waals surface area (Å²) < 4.78 is 34.4. The summed E-state index contributed by atoms with van der Waals surface area (Å²) in [5.74, 6) is -1.98. The third-order valence-corrected chi connectivity index (χ3v) is 10.4. The predicted molar refractivity (Wildman–Crippen MR) is 88.0 cm³/mol. The molecule has 1 aromatic rings. The highest BCUT2D eigenvalue weighted by atomic mass is 28.4. The summed E-state index contributed by atoms with van der Waals surface area (Å²) in [6.45, 7) is 13.7. The standard InChI is InChI=1S/C17H26F2O2Si/c1-10(2)22(11(3)4,12(5)6)21-17-9-15(18)14(13(7)20)8-16(17)19/h8-12H,1-7H3. The van der Waals surface area contributed by atoms with E-state index >= 15 is 0 Å². The second kappa shape index (κ2) is 6.90. The zero-order valence-corrected chi connectivity index (χ0v) is 15.5. The Bertz CT molecular complexity index is 532. The molecule has 0 bridgehead atoms. The monoisotopic (exact) mass is 328 g/mol. The molecule has 0 radical (unpaired) electrons. The molecule has 0 atom stereocenters. The molecule has 0 heterocycles. The van der Waals surface area contributed by atoms with Crippen LogP contribution in [0.2, 0.25) is 16.6 Å². The molecule has 5 heteroatoms. The molecule has 0 unspecified atom stereocenters. The van der Waals surface area contributed by atoms with Crippen LogP contribution >= 0.6 is 0 Å². The lowest BCUT2D eigenvalue weighted by molar-refractivity contribution is 0.101. The zero-order valence-electron chi connectivity index (χ0n) is 14.5. The van der Waals surface area contributed by atoms with Crippen LogP contribution in [-0.4, -0.2) is 14.1 Å². The van der Waals surface area contributed by atoms with Crippen LogP contribution in [0.25, 0.3) is 0 Å². The number of hydrogen-bond donors (Lipinski definition) is 0. The Kier molecular flexibility index (Phi) is 5.90. The van der Waals surface area contributed by atoms with Gasteiger partial charge in [-0.2, -0.15) is 0 Å². The minimum atomic E-state index is -2.36. The number of ketones is 1. The molecule has 0 aromatic heterocycles. The molecule has 0 N–H and O–H groups in total. The number of benzene rings is 1. The molecule has 124 valence electrons. The normalized spacial score (nSPS) is 12.4. The average molecular weight is 328 g/mol. The van der Waals surface area contributed by atoms with Crippen molar-refractivity contribution >= 4 is 14.1 Å². The lowest BCUT2D eigenvalue weighted by Gasteiger charge is -2.42. The molecule has 0 saturated heterocycles. The van der Waals surface area contributed by atoms with Crippen molar-refractivity contribution in [2.75, 3.05) is 0 Å². The van der Waals surface area contributed by atoms with Gasteiger partial charge in [-0.25, -0.2) is 8.78 Å². The first-order valence-electron chi connectivity index (χ1n) is 7.73. The Hall–Kier alpha value is -1.23. The molecular weight excluding hydrogens is 302 g/mol. The minimum Gasteiger partial charge on any atom is -0.541 e. The van der Waals surface area contributed by atoms with E-state index in [1.807, 2.05) is 0 Å². The number of rotatable bonds is 6. The van der Waals surface area contributed by atoms with Gasteiger partial charge in [0.25, 0.3) is 8.32 Å². The summed E-state index contributed by atoms with van der Waals surface area (Å²) >= 11 is 0. The van der Waals surface area contributed by atoms with E-state index in [4.69, 9.17) is 4.43 Å². The quantitative estimate of drug-likeness (QED) is 0.493. The van der Waals surface area contributed by atoms with Gasteiger partial charge in [-0.3, -0.25) is 4.79 Å². The molecule has 2 nitrogen and oxygen atoms in total. The zero-order chi connectivity index (χ0) is 17.2. The highest BCUT2D eigenvalue weighted by Gasteiger charge is 2.47. The van der Waals surface area contributed by atoms with Crippen molar-refractivity contribution in [3.05, 3.63) is 29.3 Å². The van der Waals surface area contributed by atoms with Crippen molar-refractivity contribution in [2.24, 2.45) is 0 Å². The lowest BCUT2D eigenvalue weighted by atomic mass is 10.1. The maximum absolute atomic E-state index is 14.3. The maximum Gasteiger partial charge on any atom is 0.258 e. The fraction of sp³-hybridized carbons (Fsp3) is 0.588. The number of carbonyl (C=O) groups is 1. The fourth-order valence-electron chi connectivity index (χ4n) is 3.42. The maximum atomic E-state index is 14.3. The van der Waals surface area contributed by atoms with E-state index in [-0.39, 0.29) is 27.9 Å². The minimum absolute atomic E-state index is 0.0785. The van der Waals surface area contributed by atoms with Crippen molar-refractivity contribution in [1.82, 2.24) is 0 Å². The van der Waals surface area contributed by atoms with E-state index in [9.17, 15) is 13.6 Å². The van der Waals surface area contributed by atoms with Crippen LogP contribution in [0.1, 0.15) is 58.8 Å². The van der Waals surface area contributed by atoms with Crippen LogP contribution in [0.4, 0.5) is 8.78 Å². The van der Waals surface area contributed by atoms with E-state index in [2.05, 4.69) is 41.5 Å². The van der Waals surface area contributed by atoms with Gasteiger partial charge in [-0.1, -0.05) is 41.5 Å². The van der Waals surface area contributed by atoms with Crippen LogP contribution in [0.15, 0.2) is 12.1 Å². The van der Waals surface area contributed by atoms with E-state index in [0.29, 0.717) is 0 Å². The van der Waals surface area contributed by atoms with Gasteiger partial charge in [0.05, 0.1) is 5.56 Å². The molecule has 1 aromatic carbocycles. The molecule has 0 fully saturated rings. The third-order valence-electron chi connectivity index (χ3n) is 4.39. The van der Waals surface area contributed by atoms with Crippen LogP contribution < -0.4 is 4.43 Å². The number of Topliss-reactive ketones (excluding diaryl/α,β-unsaturated/α-hetero) is 1. The van der Waals surface area contributed by atoms with Crippen molar-refractivity contribution in [2.45, 2.75) is 65.1 Å². The first-order chi connectivity index (χ1) is 10.0. The summed E-state index contributed by atoms with van der Waals surface area (Å²) in [5, 5.41) is 0. The number of halogens is 2. The van der Waals surface area contributed by atoms with Gasteiger partial charge < -0.3 is 4.43 Å². The smallest absolute Gasteiger partial charge is 0.258 e. The highest BCUT2D eigenvalue weighted by Crippen LogP contribution is 2.43. The summed E-state index contributed by atoms with van der Waals surface area (Å²) in [4.78, 5) is 11.3. The van der Waals surface area contributed by atoms with Gasteiger partial charge in [0.15, 0.2) is 11.6 Å². The van der Waals surface area contributed by atoms with Gasteiger partial charge in [0.2, 0.25) is 0 Å². The molecule has 0 aliphatic carbocycles. The average Bonchev–Trinajstić information content (AvgIpc) is 2.37. The van der Waals surface area contributed by atoms with Gasteiger partial charge in [0, 0.05) is 6.07 Å². The van der Waals surface area contributed by atoms with Gasteiger partial charge in [0.1, 0.15) is 11.6 Å². The fourth-order valence-corrected chi connectivity index (χ4v) is 8.67. The first-order valence-corrected chi connectivity index (χ1v) is 9.87. The van der Waals surface area contributed by atoms with Crippen LogP contribution in [-0.2, 0) is 0 Å². The largest absolute Gasteiger partial charge is 0.541 e. The molecule has 0 spiro atoms. The third kappa shape index (κ3) is 3.40. The Morgan fingerprint density at radius 1 is 0.955 bits per heavy atom. The lowest BCUT2D eigenvalue weighted by Crippen LogP contribution is -2.50. The topological polar surface area (TPSA) is 26.3 Å². The number of hydrogen-bond acceptors (Lipinski definition) is 2. The van der Waals surface area contributed by atoms with Crippen molar-refractivity contribution < 1.29 is 18.0 Å². The SMILES string of the molecule is CC(=O)c1cc(F)c(O[Si](C(C)C)(C(C)C)C(C)C)cc1F. The Morgan fingerprint density at radius 2 is 1.41 bits per heavy atom. The number of carbonyl (C=O) groups excluding carboxylic acids is 1. The second-order valence-electron chi connectivity index (χ2n) is 6.74. The van der Waals surface area contributed by atoms with Crippen molar-refractivity contribution in [1.29, 1.82) is 0 Å². The molecule has 1 rings (SSSR count). The van der Waals surface area contributed by atoms with E-state index in [0.717, 1.165) is 12.1 Å².